The second-order valence-electron chi connectivity index (χ2n) is 5.41. The molecule has 4 nitrogen and oxygen atoms in total. The molecule has 0 aromatic carbocycles. The SMILES string of the molecule is CCCCCNC(=O)c1ccc(N2CCCCC2)cn1. The normalized spacial score (nSPS) is 15.2. The van der Waals surface area contributed by atoms with Gasteiger partial charge in [-0.1, -0.05) is 19.8 Å². The summed E-state index contributed by atoms with van der Waals surface area (Å²) in [5, 5.41) is 2.92. The van der Waals surface area contributed by atoms with E-state index in [1.807, 2.05) is 18.3 Å². The van der Waals surface area contributed by atoms with Gasteiger partial charge in [0.05, 0.1) is 11.9 Å². The monoisotopic (exact) mass is 275 g/mol. The van der Waals surface area contributed by atoms with Crippen LogP contribution in [-0.2, 0) is 0 Å². The van der Waals surface area contributed by atoms with E-state index in [0.717, 1.165) is 38.2 Å². The predicted molar refractivity (Wildman–Crippen MR) is 82.2 cm³/mol. The summed E-state index contributed by atoms with van der Waals surface area (Å²) in [5.74, 6) is -0.0636. The van der Waals surface area contributed by atoms with Crippen molar-refractivity contribution in [3.63, 3.8) is 0 Å². The van der Waals surface area contributed by atoms with E-state index >= 15 is 0 Å². The molecule has 1 aliphatic heterocycles. The highest BCUT2D eigenvalue weighted by Gasteiger charge is 2.12. The van der Waals surface area contributed by atoms with E-state index in [-0.39, 0.29) is 5.91 Å². The van der Waals surface area contributed by atoms with Gasteiger partial charge in [0.25, 0.3) is 5.91 Å². The molecule has 0 aliphatic carbocycles. The first kappa shape index (κ1) is 14.8. The summed E-state index contributed by atoms with van der Waals surface area (Å²) >= 11 is 0. The summed E-state index contributed by atoms with van der Waals surface area (Å²) in [6.45, 7) is 5.10. The van der Waals surface area contributed by atoms with Gasteiger partial charge in [-0.25, -0.2) is 4.98 Å². The van der Waals surface area contributed by atoms with Crippen LogP contribution in [0.5, 0.6) is 0 Å². The topological polar surface area (TPSA) is 45.2 Å². The maximum atomic E-state index is 11.9. The molecule has 0 atom stereocenters. The zero-order valence-corrected chi connectivity index (χ0v) is 12.4. The van der Waals surface area contributed by atoms with Crippen LogP contribution in [0.2, 0.25) is 0 Å². The van der Waals surface area contributed by atoms with E-state index in [4.69, 9.17) is 0 Å². The van der Waals surface area contributed by atoms with Crippen LogP contribution in [0, 0.1) is 0 Å². The van der Waals surface area contributed by atoms with Crippen LogP contribution in [0.15, 0.2) is 18.3 Å². The largest absolute Gasteiger partial charge is 0.370 e. The van der Waals surface area contributed by atoms with Gasteiger partial charge in [0, 0.05) is 19.6 Å². The summed E-state index contributed by atoms with van der Waals surface area (Å²) in [4.78, 5) is 18.6. The summed E-state index contributed by atoms with van der Waals surface area (Å²) in [6, 6.07) is 3.85. The Labute approximate surface area is 121 Å². The number of hydrogen-bond donors (Lipinski definition) is 1. The van der Waals surface area contributed by atoms with Gasteiger partial charge < -0.3 is 10.2 Å². The zero-order valence-electron chi connectivity index (χ0n) is 12.4. The van der Waals surface area contributed by atoms with Gasteiger partial charge in [0.15, 0.2) is 0 Å². The number of hydrogen-bond acceptors (Lipinski definition) is 3. The van der Waals surface area contributed by atoms with Crippen LogP contribution in [0.4, 0.5) is 5.69 Å². The van der Waals surface area contributed by atoms with Crippen molar-refractivity contribution in [1.82, 2.24) is 10.3 Å². The lowest BCUT2D eigenvalue weighted by Crippen LogP contribution is -2.30. The minimum atomic E-state index is -0.0636. The van der Waals surface area contributed by atoms with Crippen molar-refractivity contribution >= 4 is 11.6 Å². The molecular weight excluding hydrogens is 250 g/mol. The Bertz CT molecular complexity index is 410. The Kier molecular flexibility index (Phi) is 5.84. The van der Waals surface area contributed by atoms with Crippen molar-refractivity contribution in [3.8, 4) is 0 Å². The Morgan fingerprint density at radius 1 is 1.25 bits per heavy atom. The third-order valence-corrected chi connectivity index (χ3v) is 3.77. The highest BCUT2D eigenvalue weighted by atomic mass is 16.1. The van der Waals surface area contributed by atoms with E-state index < -0.39 is 0 Å². The van der Waals surface area contributed by atoms with E-state index in [1.165, 1.54) is 25.7 Å². The summed E-state index contributed by atoms with van der Waals surface area (Å²) in [7, 11) is 0. The highest BCUT2D eigenvalue weighted by Crippen LogP contribution is 2.18. The molecule has 1 saturated heterocycles. The molecule has 0 spiro atoms. The Morgan fingerprint density at radius 2 is 2.05 bits per heavy atom. The first-order chi connectivity index (χ1) is 9.81. The lowest BCUT2D eigenvalue weighted by Gasteiger charge is -2.28. The number of nitrogens with one attached hydrogen (secondary N) is 1. The molecule has 20 heavy (non-hydrogen) atoms. The molecule has 1 aliphatic rings. The van der Waals surface area contributed by atoms with Gasteiger partial charge in [0.2, 0.25) is 0 Å². The first-order valence-electron chi connectivity index (χ1n) is 7.80. The molecule has 1 aromatic rings. The molecule has 1 N–H and O–H groups in total. The molecule has 2 rings (SSSR count). The molecule has 4 heteroatoms. The number of unbranched alkanes of at least 4 members (excludes halogenated alkanes) is 2. The minimum Gasteiger partial charge on any atom is -0.370 e. The number of amides is 1. The smallest absolute Gasteiger partial charge is 0.269 e. The number of carbonyl (C=O) groups excluding carboxylic acids is 1. The molecule has 0 radical (unpaired) electrons. The van der Waals surface area contributed by atoms with Crippen LogP contribution >= 0.6 is 0 Å². The second-order valence-corrected chi connectivity index (χ2v) is 5.41. The number of nitrogens with zero attached hydrogens (tertiary/aromatic N) is 2. The van der Waals surface area contributed by atoms with Crippen molar-refractivity contribution in [3.05, 3.63) is 24.0 Å². The van der Waals surface area contributed by atoms with Gasteiger partial charge in [-0.05, 0) is 37.8 Å². The van der Waals surface area contributed by atoms with Crippen molar-refractivity contribution < 1.29 is 4.79 Å². The molecule has 110 valence electrons. The van der Waals surface area contributed by atoms with Gasteiger partial charge in [-0.15, -0.1) is 0 Å². The third-order valence-electron chi connectivity index (χ3n) is 3.77. The Morgan fingerprint density at radius 3 is 2.70 bits per heavy atom. The van der Waals surface area contributed by atoms with E-state index in [1.54, 1.807) is 0 Å². The Balaban J connectivity index is 1.85. The van der Waals surface area contributed by atoms with E-state index in [0.29, 0.717) is 5.69 Å². The van der Waals surface area contributed by atoms with Crippen molar-refractivity contribution in [2.75, 3.05) is 24.5 Å². The van der Waals surface area contributed by atoms with Crippen molar-refractivity contribution in [2.24, 2.45) is 0 Å². The molecule has 1 fully saturated rings. The molecule has 2 heterocycles. The van der Waals surface area contributed by atoms with Gasteiger partial charge in [-0.3, -0.25) is 4.79 Å². The van der Waals surface area contributed by atoms with Gasteiger partial charge in [-0.2, -0.15) is 0 Å². The number of piperidine rings is 1. The number of rotatable bonds is 6. The number of carbonyl (C=O) groups is 1. The predicted octanol–water partition coefficient (Wildman–Crippen LogP) is 2.99. The summed E-state index contributed by atoms with van der Waals surface area (Å²) in [5.41, 5.74) is 1.65. The first-order valence-corrected chi connectivity index (χ1v) is 7.80. The highest BCUT2D eigenvalue weighted by molar-refractivity contribution is 5.92. The standard InChI is InChI=1S/C16H25N3O/c1-2-3-5-10-17-16(20)15-9-8-14(13-18-15)19-11-6-4-7-12-19/h8-9,13H,2-7,10-12H2,1H3,(H,17,20). The number of anilines is 1. The van der Waals surface area contributed by atoms with Crippen molar-refractivity contribution in [2.45, 2.75) is 45.4 Å². The van der Waals surface area contributed by atoms with E-state index in [9.17, 15) is 4.79 Å². The summed E-state index contributed by atoms with van der Waals surface area (Å²) < 4.78 is 0. The molecule has 0 bridgehead atoms. The molecule has 0 unspecified atom stereocenters. The molecule has 0 saturated carbocycles. The van der Waals surface area contributed by atoms with Crippen LogP contribution in [0.25, 0.3) is 0 Å². The quantitative estimate of drug-likeness (QED) is 0.812. The molecule has 1 aromatic heterocycles. The number of aromatic nitrogens is 1. The summed E-state index contributed by atoms with van der Waals surface area (Å²) in [6.07, 6.45) is 9.00. The second kappa shape index (κ2) is 7.88. The van der Waals surface area contributed by atoms with Crippen LogP contribution in [0.3, 0.4) is 0 Å². The van der Waals surface area contributed by atoms with E-state index in [2.05, 4.69) is 22.1 Å². The Hall–Kier alpha value is -1.58. The molecular formula is C16H25N3O. The maximum absolute atomic E-state index is 11.9. The van der Waals surface area contributed by atoms with Gasteiger partial charge in [0.1, 0.15) is 5.69 Å². The fraction of sp³-hybridized carbons (Fsp3) is 0.625. The zero-order chi connectivity index (χ0) is 14.2. The van der Waals surface area contributed by atoms with Crippen molar-refractivity contribution in [1.29, 1.82) is 0 Å². The van der Waals surface area contributed by atoms with Crippen LogP contribution < -0.4 is 10.2 Å². The van der Waals surface area contributed by atoms with Crippen LogP contribution in [-0.4, -0.2) is 30.5 Å². The third kappa shape index (κ3) is 4.22. The molecule has 1 amide bonds. The van der Waals surface area contributed by atoms with Gasteiger partial charge >= 0.3 is 0 Å². The lowest BCUT2D eigenvalue weighted by atomic mass is 10.1. The fourth-order valence-electron chi connectivity index (χ4n) is 2.53. The lowest BCUT2D eigenvalue weighted by molar-refractivity contribution is 0.0948. The average molecular weight is 275 g/mol. The maximum Gasteiger partial charge on any atom is 0.269 e. The number of pyridine rings is 1. The average Bonchev–Trinajstić information content (AvgIpc) is 2.52. The minimum absolute atomic E-state index is 0.0636. The van der Waals surface area contributed by atoms with Crippen LogP contribution in [0.1, 0.15) is 55.9 Å². The fourth-order valence-corrected chi connectivity index (χ4v) is 2.53.